The predicted octanol–water partition coefficient (Wildman–Crippen LogP) is 4.43. The van der Waals surface area contributed by atoms with Gasteiger partial charge in [0.25, 0.3) is 0 Å². The van der Waals surface area contributed by atoms with Gasteiger partial charge in [-0.05, 0) is 29.2 Å². The molecule has 0 amide bonds. The first kappa shape index (κ1) is 14.1. The molecule has 2 aromatic carbocycles. The van der Waals surface area contributed by atoms with E-state index in [0.717, 1.165) is 11.3 Å². The quantitative estimate of drug-likeness (QED) is 0.822. The summed E-state index contributed by atoms with van der Waals surface area (Å²) >= 11 is 0. The molecule has 0 radical (unpaired) electrons. The molecular weight excluding hydrogens is 246 g/mol. The van der Waals surface area contributed by atoms with Gasteiger partial charge in [0.1, 0.15) is 12.4 Å². The summed E-state index contributed by atoms with van der Waals surface area (Å²) in [6.45, 7) is 6.97. The molecular formula is C18H19NO. The Morgan fingerprint density at radius 2 is 1.65 bits per heavy atom. The van der Waals surface area contributed by atoms with E-state index in [9.17, 15) is 0 Å². The highest BCUT2D eigenvalue weighted by Crippen LogP contribution is 2.24. The van der Waals surface area contributed by atoms with Crippen molar-refractivity contribution in [1.29, 1.82) is 5.26 Å². The van der Waals surface area contributed by atoms with Gasteiger partial charge < -0.3 is 4.74 Å². The fraction of sp³-hybridized carbons (Fsp3) is 0.278. The van der Waals surface area contributed by atoms with Crippen LogP contribution in [-0.2, 0) is 12.0 Å². The Balaban J connectivity index is 2.07. The second-order valence-electron chi connectivity index (χ2n) is 5.83. The lowest BCUT2D eigenvalue weighted by Gasteiger charge is -2.19. The summed E-state index contributed by atoms with van der Waals surface area (Å²) in [7, 11) is 0. The van der Waals surface area contributed by atoms with Crippen LogP contribution in [0, 0.1) is 11.3 Å². The first-order chi connectivity index (χ1) is 9.50. The standard InChI is InChI=1S/C18H19NO/c1-18(2,3)16-8-10-17(11-9-16)20-13-15-7-5-4-6-14(15)12-19/h4-11H,13H2,1-3H3. The molecule has 0 spiro atoms. The molecule has 0 aliphatic rings. The molecule has 0 bridgehead atoms. The van der Waals surface area contributed by atoms with E-state index in [-0.39, 0.29) is 5.41 Å². The van der Waals surface area contributed by atoms with Gasteiger partial charge in [-0.15, -0.1) is 0 Å². The Bertz CT molecular complexity index is 615. The van der Waals surface area contributed by atoms with E-state index in [2.05, 4.69) is 39.0 Å². The largest absolute Gasteiger partial charge is 0.489 e. The Hall–Kier alpha value is -2.27. The van der Waals surface area contributed by atoms with Crippen molar-refractivity contribution in [2.75, 3.05) is 0 Å². The molecule has 0 aromatic heterocycles. The first-order valence-electron chi connectivity index (χ1n) is 6.72. The van der Waals surface area contributed by atoms with E-state index in [4.69, 9.17) is 10.00 Å². The molecule has 0 saturated heterocycles. The molecule has 102 valence electrons. The van der Waals surface area contributed by atoms with E-state index in [1.54, 1.807) is 6.07 Å². The van der Waals surface area contributed by atoms with Gasteiger partial charge in [-0.25, -0.2) is 0 Å². The summed E-state index contributed by atoms with van der Waals surface area (Å²) < 4.78 is 5.75. The number of hydrogen-bond donors (Lipinski definition) is 0. The number of nitrogens with zero attached hydrogens (tertiary/aromatic N) is 1. The average Bonchev–Trinajstić information content (AvgIpc) is 2.45. The lowest BCUT2D eigenvalue weighted by Crippen LogP contribution is -2.10. The van der Waals surface area contributed by atoms with Crippen LogP contribution in [0.3, 0.4) is 0 Å². The first-order valence-corrected chi connectivity index (χ1v) is 6.72. The SMILES string of the molecule is CC(C)(C)c1ccc(OCc2ccccc2C#N)cc1. The Morgan fingerprint density at radius 1 is 1.00 bits per heavy atom. The van der Waals surface area contributed by atoms with Crippen molar-refractivity contribution in [3.63, 3.8) is 0 Å². The highest BCUT2D eigenvalue weighted by Gasteiger charge is 2.13. The van der Waals surface area contributed by atoms with Crippen LogP contribution < -0.4 is 4.74 Å². The fourth-order valence-corrected chi connectivity index (χ4v) is 1.97. The Kier molecular flexibility index (Phi) is 4.10. The predicted molar refractivity (Wildman–Crippen MR) is 80.6 cm³/mol. The van der Waals surface area contributed by atoms with Gasteiger partial charge in [-0.2, -0.15) is 5.26 Å². The fourth-order valence-electron chi connectivity index (χ4n) is 1.97. The highest BCUT2D eigenvalue weighted by molar-refractivity contribution is 5.37. The maximum atomic E-state index is 9.04. The molecule has 2 rings (SSSR count). The molecule has 0 aliphatic carbocycles. The van der Waals surface area contributed by atoms with Crippen molar-refractivity contribution in [3.05, 3.63) is 65.2 Å². The van der Waals surface area contributed by atoms with Gasteiger partial charge in [0.05, 0.1) is 11.6 Å². The van der Waals surface area contributed by atoms with Crippen molar-refractivity contribution in [1.82, 2.24) is 0 Å². The lowest BCUT2D eigenvalue weighted by molar-refractivity contribution is 0.305. The molecule has 0 fully saturated rings. The van der Waals surface area contributed by atoms with E-state index in [1.165, 1.54) is 5.56 Å². The maximum absolute atomic E-state index is 9.04. The monoisotopic (exact) mass is 265 g/mol. The van der Waals surface area contributed by atoms with Crippen LogP contribution in [0.5, 0.6) is 5.75 Å². The van der Waals surface area contributed by atoms with E-state index >= 15 is 0 Å². The Morgan fingerprint density at radius 3 is 2.25 bits per heavy atom. The summed E-state index contributed by atoms with van der Waals surface area (Å²) in [6.07, 6.45) is 0. The summed E-state index contributed by atoms with van der Waals surface area (Å²) in [4.78, 5) is 0. The number of benzene rings is 2. The minimum Gasteiger partial charge on any atom is -0.489 e. The molecule has 0 saturated carbocycles. The topological polar surface area (TPSA) is 33.0 Å². The van der Waals surface area contributed by atoms with Gasteiger partial charge in [0.2, 0.25) is 0 Å². The molecule has 2 heteroatoms. The molecule has 0 heterocycles. The summed E-state index contributed by atoms with van der Waals surface area (Å²) in [6, 6.07) is 17.8. The van der Waals surface area contributed by atoms with Gasteiger partial charge >= 0.3 is 0 Å². The number of nitriles is 1. The zero-order valence-electron chi connectivity index (χ0n) is 12.2. The molecule has 2 nitrogen and oxygen atoms in total. The number of ether oxygens (including phenoxy) is 1. The average molecular weight is 265 g/mol. The smallest absolute Gasteiger partial charge is 0.119 e. The van der Waals surface area contributed by atoms with E-state index < -0.39 is 0 Å². The van der Waals surface area contributed by atoms with Gasteiger partial charge in [-0.1, -0.05) is 51.1 Å². The lowest BCUT2D eigenvalue weighted by atomic mass is 9.87. The van der Waals surface area contributed by atoms with Crippen molar-refractivity contribution < 1.29 is 4.74 Å². The molecule has 0 N–H and O–H groups in total. The summed E-state index contributed by atoms with van der Waals surface area (Å²) in [5, 5.41) is 9.04. The third kappa shape index (κ3) is 3.39. The zero-order valence-corrected chi connectivity index (χ0v) is 12.2. The Labute approximate surface area is 120 Å². The van der Waals surface area contributed by atoms with Crippen molar-refractivity contribution in [3.8, 4) is 11.8 Å². The maximum Gasteiger partial charge on any atom is 0.119 e. The van der Waals surface area contributed by atoms with Crippen LogP contribution in [0.2, 0.25) is 0 Å². The molecule has 0 aliphatic heterocycles. The van der Waals surface area contributed by atoms with Crippen LogP contribution in [-0.4, -0.2) is 0 Å². The second-order valence-corrected chi connectivity index (χ2v) is 5.83. The van der Waals surface area contributed by atoms with E-state index in [0.29, 0.717) is 12.2 Å². The summed E-state index contributed by atoms with van der Waals surface area (Å²) in [5.74, 6) is 0.825. The van der Waals surface area contributed by atoms with E-state index in [1.807, 2.05) is 30.3 Å². The van der Waals surface area contributed by atoms with Gasteiger partial charge in [0.15, 0.2) is 0 Å². The molecule has 0 unspecified atom stereocenters. The van der Waals surface area contributed by atoms with Crippen LogP contribution in [0.1, 0.15) is 37.5 Å². The zero-order chi connectivity index (χ0) is 14.6. The third-order valence-electron chi connectivity index (χ3n) is 3.25. The number of rotatable bonds is 3. The summed E-state index contributed by atoms with van der Waals surface area (Å²) in [5.41, 5.74) is 3.00. The normalized spacial score (nSPS) is 10.9. The third-order valence-corrected chi connectivity index (χ3v) is 3.25. The van der Waals surface area contributed by atoms with Crippen LogP contribution in [0.4, 0.5) is 0 Å². The molecule has 2 aromatic rings. The highest BCUT2D eigenvalue weighted by atomic mass is 16.5. The van der Waals surface area contributed by atoms with Crippen LogP contribution in [0.15, 0.2) is 48.5 Å². The van der Waals surface area contributed by atoms with Crippen LogP contribution >= 0.6 is 0 Å². The molecule has 20 heavy (non-hydrogen) atoms. The van der Waals surface area contributed by atoms with Crippen molar-refractivity contribution in [2.24, 2.45) is 0 Å². The van der Waals surface area contributed by atoms with Crippen molar-refractivity contribution >= 4 is 0 Å². The second kappa shape index (κ2) is 5.79. The van der Waals surface area contributed by atoms with Crippen molar-refractivity contribution in [2.45, 2.75) is 32.8 Å². The minimum atomic E-state index is 0.145. The molecule has 0 atom stereocenters. The minimum absolute atomic E-state index is 0.145. The van der Waals surface area contributed by atoms with Gasteiger partial charge in [0, 0.05) is 5.56 Å². The van der Waals surface area contributed by atoms with Gasteiger partial charge in [-0.3, -0.25) is 0 Å². The van der Waals surface area contributed by atoms with Crippen LogP contribution in [0.25, 0.3) is 0 Å². The number of hydrogen-bond acceptors (Lipinski definition) is 2.